The molecule has 0 aromatic carbocycles. The molecule has 0 fully saturated rings. The first-order valence-corrected chi connectivity index (χ1v) is 15.2. The van der Waals surface area contributed by atoms with Gasteiger partial charge in [0.1, 0.15) is 13.2 Å². The number of unbranched alkanes of at least 4 members (excludes halogenated alkanes) is 8. The Labute approximate surface area is 243 Å². The fraction of sp³-hybridized carbons (Fsp3) is 0.900. The van der Waals surface area contributed by atoms with Crippen LogP contribution in [-0.2, 0) is 47.4 Å². The van der Waals surface area contributed by atoms with Gasteiger partial charge in [0.2, 0.25) is 0 Å². The molecule has 0 rings (SSSR count). The van der Waals surface area contributed by atoms with Crippen LogP contribution < -0.4 is 0 Å². The minimum Gasteiger partial charge on any atom is -0.499 e. The molecule has 40 heavy (non-hydrogen) atoms. The van der Waals surface area contributed by atoms with Crippen molar-refractivity contribution >= 4 is 5.97 Å². The predicted octanol–water partition coefficient (Wildman–Crippen LogP) is 4.73. The highest BCUT2D eigenvalue weighted by atomic mass is 16.6. The molecule has 0 atom stereocenters. The highest BCUT2D eigenvalue weighted by molar-refractivity contribution is 5.69. The van der Waals surface area contributed by atoms with Gasteiger partial charge < -0.3 is 42.6 Å². The van der Waals surface area contributed by atoms with E-state index in [4.69, 9.17) is 42.6 Å². The van der Waals surface area contributed by atoms with Gasteiger partial charge in [-0.1, -0.05) is 64.9 Å². The van der Waals surface area contributed by atoms with Crippen LogP contribution in [-0.4, -0.2) is 112 Å². The van der Waals surface area contributed by atoms with Crippen LogP contribution >= 0.6 is 0 Å². The third-order valence-corrected chi connectivity index (χ3v) is 5.67. The summed E-state index contributed by atoms with van der Waals surface area (Å²) in [6.45, 7) is 13.5. The zero-order valence-electron chi connectivity index (χ0n) is 25.3. The quantitative estimate of drug-likeness (QED) is 0.0596. The molecule has 0 aliphatic heterocycles. The van der Waals surface area contributed by atoms with E-state index < -0.39 is 0 Å². The Bertz CT molecular complexity index is 507. The summed E-state index contributed by atoms with van der Waals surface area (Å²) in [4.78, 5) is 11.7. The maximum atomic E-state index is 11.7. The van der Waals surface area contributed by atoms with Gasteiger partial charge in [0.15, 0.2) is 0 Å². The van der Waals surface area contributed by atoms with E-state index in [-0.39, 0.29) is 5.97 Å². The molecule has 0 heterocycles. The Hall–Kier alpha value is -1.27. The van der Waals surface area contributed by atoms with Gasteiger partial charge in [-0.3, -0.25) is 4.79 Å². The van der Waals surface area contributed by atoms with Crippen LogP contribution in [0.4, 0.5) is 0 Å². The number of carbonyl (C=O) groups is 1. The van der Waals surface area contributed by atoms with E-state index in [0.717, 1.165) is 12.8 Å². The fourth-order valence-electron chi connectivity index (χ4n) is 3.48. The number of hydrogen-bond acceptors (Lipinski definition) is 10. The van der Waals surface area contributed by atoms with E-state index in [9.17, 15) is 4.79 Å². The first kappa shape index (κ1) is 38.7. The lowest BCUT2D eigenvalue weighted by molar-refractivity contribution is -0.145. The van der Waals surface area contributed by atoms with Crippen molar-refractivity contribution < 1.29 is 47.4 Å². The summed E-state index contributed by atoms with van der Waals surface area (Å²) in [5.74, 6) is -0.134. The summed E-state index contributed by atoms with van der Waals surface area (Å²) >= 11 is 0. The smallest absolute Gasteiger partial charge is 0.305 e. The first-order valence-electron chi connectivity index (χ1n) is 15.2. The summed E-state index contributed by atoms with van der Waals surface area (Å²) in [6.07, 6.45) is 13.0. The van der Waals surface area contributed by atoms with Crippen LogP contribution in [0, 0.1) is 0 Å². The Balaban J connectivity index is 3.11. The monoisotopic (exact) mass is 578 g/mol. The molecule has 10 heteroatoms. The van der Waals surface area contributed by atoms with Crippen molar-refractivity contribution in [1.82, 2.24) is 0 Å². The van der Waals surface area contributed by atoms with Crippen molar-refractivity contribution in [2.45, 2.75) is 71.1 Å². The first-order chi connectivity index (χ1) is 19.8. The van der Waals surface area contributed by atoms with Crippen molar-refractivity contribution in [1.29, 1.82) is 0 Å². The summed E-state index contributed by atoms with van der Waals surface area (Å²) in [5, 5.41) is 0. The van der Waals surface area contributed by atoms with Gasteiger partial charge in [-0.05, 0) is 6.42 Å². The summed E-state index contributed by atoms with van der Waals surface area (Å²) < 4.78 is 48.1. The van der Waals surface area contributed by atoms with Crippen LogP contribution in [0.2, 0.25) is 0 Å². The molecule has 0 spiro atoms. The molecule has 0 saturated carbocycles. The Morgan fingerprint density at radius 3 is 1.18 bits per heavy atom. The predicted molar refractivity (Wildman–Crippen MR) is 155 cm³/mol. The summed E-state index contributed by atoms with van der Waals surface area (Å²) in [6, 6.07) is 0. The lowest BCUT2D eigenvalue weighted by Gasteiger charge is -2.09. The average molecular weight is 579 g/mol. The minimum atomic E-state index is -0.134. The maximum Gasteiger partial charge on any atom is 0.305 e. The highest BCUT2D eigenvalue weighted by Crippen LogP contribution is 2.10. The second kappa shape index (κ2) is 35.8. The van der Waals surface area contributed by atoms with Crippen LogP contribution in [0.5, 0.6) is 0 Å². The summed E-state index contributed by atoms with van der Waals surface area (Å²) in [5.41, 5.74) is 0. The molecule has 10 nitrogen and oxygen atoms in total. The van der Waals surface area contributed by atoms with E-state index in [1.807, 2.05) is 0 Å². The van der Waals surface area contributed by atoms with Crippen molar-refractivity contribution in [3.8, 4) is 0 Å². The van der Waals surface area contributed by atoms with Gasteiger partial charge in [0.05, 0.1) is 98.8 Å². The van der Waals surface area contributed by atoms with E-state index in [2.05, 4.69) is 13.5 Å². The molecule has 0 aromatic heterocycles. The van der Waals surface area contributed by atoms with E-state index in [0.29, 0.717) is 112 Å². The van der Waals surface area contributed by atoms with Gasteiger partial charge in [0.25, 0.3) is 0 Å². The molecule has 0 radical (unpaired) electrons. The molecular formula is C30H58O10. The number of hydrogen-bond donors (Lipinski definition) is 0. The number of rotatable bonds is 35. The van der Waals surface area contributed by atoms with Crippen LogP contribution in [0.15, 0.2) is 12.8 Å². The topological polar surface area (TPSA) is 100 Å². The lowest BCUT2D eigenvalue weighted by Crippen LogP contribution is -2.15. The molecule has 0 saturated heterocycles. The van der Waals surface area contributed by atoms with E-state index >= 15 is 0 Å². The van der Waals surface area contributed by atoms with Crippen LogP contribution in [0.3, 0.4) is 0 Å². The van der Waals surface area contributed by atoms with Crippen LogP contribution in [0.1, 0.15) is 71.1 Å². The van der Waals surface area contributed by atoms with Gasteiger partial charge in [-0.25, -0.2) is 0 Å². The Morgan fingerprint density at radius 1 is 0.475 bits per heavy atom. The normalized spacial score (nSPS) is 11.1. The molecule has 0 bridgehead atoms. The number of ether oxygens (including phenoxy) is 9. The summed E-state index contributed by atoms with van der Waals surface area (Å²) in [7, 11) is 0. The third-order valence-electron chi connectivity index (χ3n) is 5.67. The maximum absolute atomic E-state index is 11.7. The van der Waals surface area contributed by atoms with Gasteiger partial charge in [0, 0.05) is 6.42 Å². The molecule has 238 valence electrons. The SMILES string of the molecule is C=COCCOCCOCCOCCOCCOCCOCCOCCOC(=O)CCCCCCCCCCC. The standard InChI is InChI=1S/C30H58O10/c1-3-5-6-7-8-9-10-11-12-13-30(31)40-29-28-39-27-26-38-25-24-37-23-22-36-21-20-35-19-18-34-17-16-33-15-14-32-4-2/h4H,2-3,5-29H2,1H3. The Kier molecular flexibility index (Phi) is 34.6. The molecule has 0 N–H and O–H groups in total. The minimum absolute atomic E-state index is 0.134. The fourth-order valence-corrected chi connectivity index (χ4v) is 3.48. The largest absolute Gasteiger partial charge is 0.499 e. The third kappa shape index (κ3) is 34.8. The van der Waals surface area contributed by atoms with Crippen LogP contribution in [0.25, 0.3) is 0 Å². The molecule has 0 aliphatic rings. The van der Waals surface area contributed by atoms with Crippen molar-refractivity contribution in [3.63, 3.8) is 0 Å². The molecule has 0 unspecified atom stereocenters. The van der Waals surface area contributed by atoms with Crippen molar-refractivity contribution in [2.75, 3.05) is 106 Å². The number of carbonyl (C=O) groups excluding carboxylic acids is 1. The number of esters is 1. The van der Waals surface area contributed by atoms with E-state index in [1.54, 1.807) is 0 Å². The molecule has 0 aliphatic carbocycles. The molecule has 0 amide bonds. The van der Waals surface area contributed by atoms with Crippen molar-refractivity contribution in [2.24, 2.45) is 0 Å². The van der Waals surface area contributed by atoms with Gasteiger partial charge >= 0.3 is 5.97 Å². The Morgan fingerprint density at radius 2 is 0.800 bits per heavy atom. The second-order valence-corrected chi connectivity index (χ2v) is 9.12. The zero-order chi connectivity index (χ0) is 29.0. The molecule has 0 aromatic rings. The van der Waals surface area contributed by atoms with E-state index in [1.165, 1.54) is 51.2 Å². The highest BCUT2D eigenvalue weighted by Gasteiger charge is 2.02. The van der Waals surface area contributed by atoms with Gasteiger partial charge in [-0.15, -0.1) is 0 Å². The lowest BCUT2D eigenvalue weighted by atomic mass is 10.1. The molecular weight excluding hydrogens is 520 g/mol. The second-order valence-electron chi connectivity index (χ2n) is 9.12. The van der Waals surface area contributed by atoms with Gasteiger partial charge in [-0.2, -0.15) is 0 Å². The van der Waals surface area contributed by atoms with Crippen molar-refractivity contribution in [3.05, 3.63) is 12.8 Å². The zero-order valence-corrected chi connectivity index (χ0v) is 25.3. The average Bonchev–Trinajstić information content (AvgIpc) is 2.96.